The van der Waals surface area contributed by atoms with Gasteiger partial charge in [0.2, 0.25) is 0 Å². The van der Waals surface area contributed by atoms with Crippen LogP contribution in [0, 0.1) is 6.92 Å². The van der Waals surface area contributed by atoms with E-state index in [1.807, 2.05) is 31.4 Å². The van der Waals surface area contributed by atoms with E-state index < -0.39 is 0 Å². The van der Waals surface area contributed by atoms with Crippen LogP contribution >= 0.6 is 11.3 Å². The van der Waals surface area contributed by atoms with Crippen LogP contribution in [0.25, 0.3) is 0 Å². The molecule has 1 amide bonds. The maximum absolute atomic E-state index is 11.9. The number of hydrogen-bond acceptors (Lipinski definition) is 3. The maximum Gasteiger partial charge on any atom is 0.261 e. The van der Waals surface area contributed by atoms with E-state index in [0.717, 1.165) is 22.4 Å². The fourth-order valence-corrected chi connectivity index (χ4v) is 2.46. The van der Waals surface area contributed by atoms with Gasteiger partial charge in [0.1, 0.15) is 0 Å². The molecule has 0 fully saturated rings. The summed E-state index contributed by atoms with van der Waals surface area (Å²) in [7, 11) is 0. The van der Waals surface area contributed by atoms with E-state index in [-0.39, 0.29) is 11.9 Å². The molecule has 2 rings (SSSR count). The highest BCUT2D eigenvalue weighted by Gasteiger charge is 2.12. The molecular formula is C13H15NO2S. The van der Waals surface area contributed by atoms with Gasteiger partial charge < -0.3 is 9.73 Å². The molecule has 4 heteroatoms. The van der Waals surface area contributed by atoms with Crippen LogP contribution < -0.4 is 5.32 Å². The molecule has 0 bridgehead atoms. The molecule has 0 unspecified atom stereocenters. The van der Waals surface area contributed by atoms with E-state index in [4.69, 9.17) is 4.42 Å². The molecule has 90 valence electrons. The fraction of sp³-hybridized carbons (Fsp3) is 0.308. The van der Waals surface area contributed by atoms with Crippen molar-refractivity contribution in [1.29, 1.82) is 0 Å². The van der Waals surface area contributed by atoms with Crippen molar-refractivity contribution in [1.82, 2.24) is 5.32 Å². The second kappa shape index (κ2) is 5.19. The minimum atomic E-state index is -0.000838. The Bertz CT molecular complexity index is 487. The van der Waals surface area contributed by atoms with Crippen molar-refractivity contribution in [3.05, 3.63) is 46.0 Å². The Labute approximate surface area is 104 Å². The summed E-state index contributed by atoms with van der Waals surface area (Å²) in [5.74, 6) is -0.000838. The van der Waals surface area contributed by atoms with Gasteiger partial charge in [-0.15, -0.1) is 11.3 Å². The van der Waals surface area contributed by atoms with Crippen molar-refractivity contribution in [3.8, 4) is 0 Å². The van der Waals surface area contributed by atoms with Gasteiger partial charge >= 0.3 is 0 Å². The topological polar surface area (TPSA) is 42.2 Å². The largest absolute Gasteiger partial charge is 0.472 e. The van der Waals surface area contributed by atoms with Gasteiger partial charge in [0.05, 0.1) is 17.4 Å². The van der Waals surface area contributed by atoms with Crippen molar-refractivity contribution >= 4 is 17.2 Å². The summed E-state index contributed by atoms with van der Waals surface area (Å²) in [4.78, 5) is 12.6. The minimum absolute atomic E-state index is 0.000838. The van der Waals surface area contributed by atoms with Gasteiger partial charge in [-0.1, -0.05) is 0 Å². The van der Waals surface area contributed by atoms with Crippen molar-refractivity contribution in [2.45, 2.75) is 26.3 Å². The quantitative estimate of drug-likeness (QED) is 0.905. The van der Waals surface area contributed by atoms with Crippen LogP contribution in [0.1, 0.15) is 27.7 Å². The van der Waals surface area contributed by atoms with Crippen molar-refractivity contribution in [2.24, 2.45) is 0 Å². The maximum atomic E-state index is 11.9. The van der Waals surface area contributed by atoms with Gasteiger partial charge in [0.25, 0.3) is 5.91 Å². The molecule has 0 radical (unpaired) electrons. The summed E-state index contributed by atoms with van der Waals surface area (Å²) < 4.78 is 5.00. The first kappa shape index (κ1) is 11.9. The Kier molecular flexibility index (Phi) is 3.64. The standard InChI is InChI=1S/C13H15NO2S/c1-9-5-12(17-8-9)13(15)14-10(2)6-11-3-4-16-7-11/h3-5,7-8,10H,6H2,1-2H3,(H,14,15)/t10-/m1/s1. The number of hydrogen-bond donors (Lipinski definition) is 1. The molecule has 0 saturated heterocycles. The molecule has 1 N–H and O–H groups in total. The molecule has 2 aromatic heterocycles. The molecular weight excluding hydrogens is 234 g/mol. The van der Waals surface area contributed by atoms with Crippen LogP contribution in [0.3, 0.4) is 0 Å². The molecule has 0 aromatic carbocycles. The molecule has 0 aliphatic heterocycles. The van der Waals surface area contributed by atoms with Crippen molar-refractivity contribution in [3.63, 3.8) is 0 Å². The van der Waals surface area contributed by atoms with Crippen LogP contribution in [0.2, 0.25) is 0 Å². The highest BCUT2D eigenvalue weighted by molar-refractivity contribution is 7.12. The first-order valence-corrected chi connectivity index (χ1v) is 6.40. The molecule has 2 heterocycles. The fourth-order valence-electron chi connectivity index (χ4n) is 1.66. The SMILES string of the molecule is Cc1csc(C(=O)N[C@H](C)Cc2ccoc2)c1. The lowest BCUT2D eigenvalue weighted by Gasteiger charge is -2.11. The Morgan fingerprint density at radius 2 is 2.41 bits per heavy atom. The number of thiophene rings is 1. The van der Waals surface area contributed by atoms with Crippen molar-refractivity contribution in [2.75, 3.05) is 0 Å². The van der Waals surface area contributed by atoms with E-state index in [1.165, 1.54) is 11.3 Å². The van der Waals surface area contributed by atoms with E-state index in [0.29, 0.717) is 0 Å². The van der Waals surface area contributed by atoms with Crippen LogP contribution in [0.4, 0.5) is 0 Å². The van der Waals surface area contributed by atoms with Crippen LogP contribution in [0.15, 0.2) is 34.5 Å². The van der Waals surface area contributed by atoms with Crippen molar-refractivity contribution < 1.29 is 9.21 Å². The monoisotopic (exact) mass is 249 g/mol. The van der Waals surface area contributed by atoms with Gasteiger partial charge in [-0.05, 0) is 48.9 Å². The van der Waals surface area contributed by atoms with Gasteiger partial charge in [0.15, 0.2) is 0 Å². The third kappa shape index (κ3) is 3.20. The molecule has 1 atom stereocenters. The lowest BCUT2D eigenvalue weighted by atomic mass is 10.1. The molecule has 0 spiro atoms. The Morgan fingerprint density at radius 1 is 1.59 bits per heavy atom. The number of rotatable bonds is 4. The predicted molar refractivity (Wildman–Crippen MR) is 68.4 cm³/mol. The van der Waals surface area contributed by atoms with Gasteiger partial charge in [-0.2, -0.15) is 0 Å². The summed E-state index contributed by atoms with van der Waals surface area (Å²) in [6.07, 6.45) is 4.14. The number of furan rings is 1. The first-order chi connectivity index (χ1) is 8.15. The summed E-state index contributed by atoms with van der Waals surface area (Å²) in [5, 5.41) is 4.96. The molecule has 0 saturated carbocycles. The zero-order valence-electron chi connectivity index (χ0n) is 9.90. The number of carbonyl (C=O) groups excluding carboxylic acids is 1. The highest BCUT2D eigenvalue weighted by atomic mass is 32.1. The van der Waals surface area contributed by atoms with Gasteiger partial charge in [0, 0.05) is 6.04 Å². The molecule has 17 heavy (non-hydrogen) atoms. The van der Waals surface area contributed by atoms with E-state index in [9.17, 15) is 4.79 Å². The Balaban J connectivity index is 1.90. The molecule has 2 aromatic rings. The zero-order chi connectivity index (χ0) is 12.3. The number of amides is 1. The van der Waals surface area contributed by atoms with E-state index >= 15 is 0 Å². The second-order valence-corrected chi connectivity index (χ2v) is 5.11. The van der Waals surface area contributed by atoms with Gasteiger partial charge in [-0.25, -0.2) is 0 Å². The number of aryl methyl sites for hydroxylation is 1. The summed E-state index contributed by atoms with van der Waals surface area (Å²) in [6.45, 7) is 3.98. The summed E-state index contributed by atoms with van der Waals surface area (Å²) in [6, 6.07) is 3.92. The Morgan fingerprint density at radius 3 is 3.00 bits per heavy atom. The summed E-state index contributed by atoms with van der Waals surface area (Å²) in [5.41, 5.74) is 2.22. The van der Waals surface area contributed by atoms with Crippen LogP contribution in [-0.4, -0.2) is 11.9 Å². The zero-order valence-corrected chi connectivity index (χ0v) is 10.7. The predicted octanol–water partition coefficient (Wildman–Crippen LogP) is 3.01. The Hall–Kier alpha value is -1.55. The number of nitrogens with one attached hydrogen (secondary N) is 1. The first-order valence-electron chi connectivity index (χ1n) is 5.52. The van der Waals surface area contributed by atoms with Crippen LogP contribution in [0.5, 0.6) is 0 Å². The normalized spacial score (nSPS) is 12.4. The molecule has 0 aliphatic carbocycles. The third-order valence-electron chi connectivity index (χ3n) is 2.45. The molecule has 0 aliphatic rings. The average Bonchev–Trinajstić information content (AvgIpc) is 2.89. The third-order valence-corrected chi connectivity index (χ3v) is 3.50. The van der Waals surface area contributed by atoms with Crippen LogP contribution in [-0.2, 0) is 6.42 Å². The smallest absolute Gasteiger partial charge is 0.261 e. The lowest BCUT2D eigenvalue weighted by molar-refractivity contribution is 0.0944. The van der Waals surface area contributed by atoms with E-state index in [1.54, 1.807) is 12.5 Å². The minimum Gasteiger partial charge on any atom is -0.472 e. The highest BCUT2D eigenvalue weighted by Crippen LogP contribution is 2.14. The number of carbonyl (C=O) groups is 1. The summed E-state index contributed by atoms with van der Waals surface area (Å²) >= 11 is 1.48. The average molecular weight is 249 g/mol. The van der Waals surface area contributed by atoms with E-state index in [2.05, 4.69) is 5.32 Å². The lowest BCUT2D eigenvalue weighted by Crippen LogP contribution is -2.33. The second-order valence-electron chi connectivity index (χ2n) is 4.20. The molecule has 3 nitrogen and oxygen atoms in total. The van der Waals surface area contributed by atoms with Gasteiger partial charge in [-0.3, -0.25) is 4.79 Å².